The van der Waals surface area contributed by atoms with Crippen molar-refractivity contribution in [2.45, 2.75) is 98.6 Å². The van der Waals surface area contributed by atoms with Crippen LogP contribution in [0.4, 0.5) is 0 Å². The number of hydrogen-bond acceptors (Lipinski definition) is 3. The maximum atomic E-state index is 8.17. The third-order valence-corrected chi connectivity index (χ3v) is 0.421. The first kappa shape index (κ1) is 89.5. The van der Waals surface area contributed by atoms with Gasteiger partial charge in [0.25, 0.3) is 0 Å². The smallest absolute Gasteiger partial charge is 0.100 e. The summed E-state index contributed by atoms with van der Waals surface area (Å²) in [6.07, 6.45) is -0.954. The molecule has 0 saturated carbocycles. The van der Waals surface area contributed by atoms with E-state index in [1.165, 1.54) is 0 Å². The van der Waals surface area contributed by atoms with Crippen LogP contribution in [-0.4, -0.2) is 43.1 Å². The molecule has 4 heteroatoms. The minimum Gasteiger partial charge on any atom is -0.394 e. The van der Waals surface area contributed by atoms with Gasteiger partial charge in [0.1, 0.15) is 6.10 Å². The van der Waals surface area contributed by atoms with Crippen LogP contribution in [0.2, 0.25) is 0 Å². The first-order valence-corrected chi connectivity index (χ1v) is 5.71. The highest BCUT2D eigenvalue weighted by molar-refractivity contribution is 5.75. The predicted octanol–water partition coefficient (Wildman–Crippen LogP) is 5.24. The van der Waals surface area contributed by atoms with Gasteiger partial charge in [-0.2, -0.15) is 0 Å². The Bertz CT molecular complexity index is 36.9. The standard InChI is InChI=1S/C3H8O3.4C2H6.5CH4.B/c4-1-3(6)2-5;4*1-2;;;;;;/h3-6H,1-2H2;4*1-2H3;5*1H4;. The van der Waals surface area contributed by atoms with Crippen molar-refractivity contribution < 1.29 is 15.3 Å². The van der Waals surface area contributed by atoms with Crippen LogP contribution in [0.1, 0.15) is 92.5 Å². The molecule has 0 aromatic rings. The van der Waals surface area contributed by atoms with Crippen molar-refractivity contribution in [2.24, 2.45) is 0 Å². The lowest BCUT2D eigenvalue weighted by Gasteiger charge is -1.96. The topological polar surface area (TPSA) is 60.7 Å². The Hall–Kier alpha value is -0.0551. The van der Waals surface area contributed by atoms with Crippen LogP contribution in [-0.2, 0) is 0 Å². The molecule has 0 bridgehead atoms. The molecular weight excluding hydrogens is 251 g/mol. The molecule has 0 aliphatic rings. The highest BCUT2D eigenvalue weighted by Gasteiger charge is 1.93. The van der Waals surface area contributed by atoms with Crippen LogP contribution >= 0.6 is 0 Å². The molecule has 0 unspecified atom stereocenters. The van der Waals surface area contributed by atoms with Crippen LogP contribution in [0.3, 0.4) is 0 Å². The van der Waals surface area contributed by atoms with Crippen molar-refractivity contribution in [2.75, 3.05) is 13.2 Å². The van der Waals surface area contributed by atoms with Gasteiger partial charge in [-0.15, -0.1) is 0 Å². The van der Waals surface area contributed by atoms with Gasteiger partial charge in [0, 0.05) is 8.41 Å². The zero-order valence-corrected chi connectivity index (χ0v) is 11.9. The molecule has 20 heavy (non-hydrogen) atoms. The number of hydrogen-bond donors (Lipinski definition) is 3. The fraction of sp³-hybridized carbons (Fsp3) is 1.00. The van der Waals surface area contributed by atoms with Crippen molar-refractivity contribution in [1.82, 2.24) is 0 Å². The van der Waals surface area contributed by atoms with Crippen LogP contribution in [0.25, 0.3) is 0 Å². The highest BCUT2D eigenvalue weighted by Crippen LogP contribution is 1.71. The lowest BCUT2D eigenvalue weighted by molar-refractivity contribution is 0.0450. The van der Waals surface area contributed by atoms with Crippen molar-refractivity contribution in [3.05, 3.63) is 0 Å². The second kappa shape index (κ2) is 249. The molecule has 0 heterocycles. The van der Waals surface area contributed by atoms with Gasteiger partial charge in [-0.05, 0) is 0 Å². The van der Waals surface area contributed by atoms with E-state index in [1.807, 2.05) is 55.4 Å². The van der Waals surface area contributed by atoms with Crippen molar-refractivity contribution in [3.63, 3.8) is 0 Å². The summed E-state index contributed by atoms with van der Waals surface area (Å²) in [6, 6.07) is 0. The van der Waals surface area contributed by atoms with E-state index in [0.717, 1.165) is 0 Å². The zero-order valence-electron chi connectivity index (χ0n) is 11.9. The van der Waals surface area contributed by atoms with Gasteiger partial charge >= 0.3 is 0 Å². The molecule has 0 aromatic carbocycles. The summed E-state index contributed by atoms with van der Waals surface area (Å²) in [4.78, 5) is 0. The van der Waals surface area contributed by atoms with Crippen LogP contribution in [0, 0.1) is 0 Å². The molecule has 0 atom stereocenters. The normalized spacial score (nSPS) is 4.20. The van der Waals surface area contributed by atoms with E-state index in [4.69, 9.17) is 15.3 Å². The van der Waals surface area contributed by atoms with Crippen LogP contribution in [0.5, 0.6) is 0 Å². The molecule has 3 N–H and O–H groups in total. The van der Waals surface area contributed by atoms with Gasteiger partial charge in [0.2, 0.25) is 0 Å². The Kier molecular flexibility index (Phi) is 1120. The first-order chi connectivity index (χ1) is 6.81. The van der Waals surface area contributed by atoms with E-state index in [1.54, 1.807) is 0 Å². The van der Waals surface area contributed by atoms with Crippen LogP contribution in [0.15, 0.2) is 0 Å². The Labute approximate surface area is 136 Å². The second-order valence-electron chi connectivity index (χ2n) is 1.02. The van der Waals surface area contributed by atoms with Crippen molar-refractivity contribution >= 4 is 8.41 Å². The van der Waals surface area contributed by atoms with Crippen LogP contribution < -0.4 is 0 Å². The molecule has 0 aromatic heterocycles. The third-order valence-electron chi connectivity index (χ3n) is 0.421. The highest BCUT2D eigenvalue weighted by atomic mass is 16.3. The fourth-order valence-electron chi connectivity index (χ4n) is 0.0577. The largest absolute Gasteiger partial charge is 0.394 e. The molecule has 0 spiro atoms. The van der Waals surface area contributed by atoms with Gasteiger partial charge in [-0.25, -0.2) is 0 Å². The zero-order chi connectivity index (χ0) is 13.0. The van der Waals surface area contributed by atoms with Gasteiger partial charge in [-0.3, -0.25) is 0 Å². The molecule has 3 radical (unpaired) electrons. The molecule has 0 fully saturated rings. The van der Waals surface area contributed by atoms with Crippen molar-refractivity contribution in [3.8, 4) is 0 Å². The third kappa shape index (κ3) is 331. The van der Waals surface area contributed by atoms with E-state index in [-0.39, 0.29) is 58.8 Å². The maximum absolute atomic E-state index is 8.17. The summed E-state index contributed by atoms with van der Waals surface area (Å²) in [5.74, 6) is 0. The van der Waals surface area contributed by atoms with Crippen molar-refractivity contribution in [1.29, 1.82) is 0 Å². The Morgan fingerprint density at radius 2 is 0.650 bits per heavy atom. The number of aliphatic hydroxyl groups excluding tert-OH is 3. The number of aliphatic hydroxyl groups is 3. The molecule has 0 saturated heterocycles. The van der Waals surface area contributed by atoms with E-state index in [2.05, 4.69) is 0 Å². The van der Waals surface area contributed by atoms with E-state index in [9.17, 15) is 0 Å². The van der Waals surface area contributed by atoms with Gasteiger partial charge < -0.3 is 15.3 Å². The lowest BCUT2D eigenvalue weighted by atomic mass is 10.4. The van der Waals surface area contributed by atoms with Gasteiger partial charge in [0.15, 0.2) is 0 Å². The summed E-state index contributed by atoms with van der Waals surface area (Å²) >= 11 is 0. The second-order valence-corrected chi connectivity index (χ2v) is 1.02. The quantitative estimate of drug-likeness (QED) is 0.612. The number of rotatable bonds is 2. The summed E-state index contributed by atoms with van der Waals surface area (Å²) < 4.78 is 0. The lowest BCUT2D eigenvalue weighted by Crippen LogP contribution is -2.15. The average molecular weight is 303 g/mol. The van der Waals surface area contributed by atoms with E-state index < -0.39 is 6.10 Å². The first-order valence-electron chi connectivity index (χ1n) is 5.71. The molecule has 0 rings (SSSR count). The molecular formula is C16H52BO3. The Morgan fingerprint density at radius 1 is 0.550 bits per heavy atom. The summed E-state index contributed by atoms with van der Waals surface area (Å²) in [5.41, 5.74) is 0. The van der Waals surface area contributed by atoms with E-state index in [0.29, 0.717) is 0 Å². The minimum absolute atomic E-state index is 0. The average Bonchev–Trinajstić information content (AvgIpc) is 2.38. The summed E-state index contributed by atoms with van der Waals surface area (Å²) in [5, 5.41) is 24.0. The molecule has 3 nitrogen and oxygen atoms in total. The van der Waals surface area contributed by atoms with E-state index >= 15 is 0 Å². The predicted molar refractivity (Wildman–Crippen MR) is 105 cm³/mol. The molecule has 0 amide bonds. The van der Waals surface area contributed by atoms with Gasteiger partial charge in [-0.1, -0.05) is 92.5 Å². The van der Waals surface area contributed by atoms with Gasteiger partial charge in [0.05, 0.1) is 13.2 Å². The molecule has 137 valence electrons. The minimum atomic E-state index is -0.954. The summed E-state index contributed by atoms with van der Waals surface area (Å²) in [7, 11) is 0. The fourth-order valence-corrected chi connectivity index (χ4v) is 0.0577. The Balaban J connectivity index is -0.00000000579. The maximum Gasteiger partial charge on any atom is 0.100 e. The monoisotopic (exact) mass is 303 g/mol. The summed E-state index contributed by atoms with van der Waals surface area (Å²) in [6.45, 7) is 15.3. The Morgan fingerprint density at radius 3 is 0.650 bits per heavy atom. The molecule has 0 aliphatic carbocycles. The SMILES string of the molecule is C.C.C.C.C.CC.CC.CC.CC.OCC(O)CO.[B]. The molecule has 0 aliphatic heterocycles.